The summed E-state index contributed by atoms with van der Waals surface area (Å²) in [5.41, 5.74) is 23.4. The minimum Gasteiger partial charge on any atom is -0.310 e. The van der Waals surface area contributed by atoms with Crippen molar-refractivity contribution in [3.63, 3.8) is 0 Å². The van der Waals surface area contributed by atoms with Gasteiger partial charge in [-0.05, 0) is 163 Å². The van der Waals surface area contributed by atoms with Crippen LogP contribution in [0.3, 0.4) is 0 Å². The van der Waals surface area contributed by atoms with Gasteiger partial charge >= 0.3 is 0 Å². The van der Waals surface area contributed by atoms with Gasteiger partial charge in [0.15, 0.2) is 0 Å². The summed E-state index contributed by atoms with van der Waals surface area (Å²) >= 11 is 0. The second kappa shape index (κ2) is 20.3. The van der Waals surface area contributed by atoms with Crippen LogP contribution in [0.5, 0.6) is 0 Å². The Morgan fingerprint density at radius 2 is 0.548 bits per heavy atom. The predicted octanol–water partition coefficient (Wildman–Crippen LogP) is 22.1. The summed E-state index contributed by atoms with van der Waals surface area (Å²) in [6.45, 7) is 4.42. The zero-order chi connectivity index (χ0) is 54.5. The Bertz CT molecular complexity index is 4410. The average molecular weight is 1080 g/mol. The first-order chi connectivity index (χ1) is 40.5. The lowest BCUT2D eigenvalue weighted by molar-refractivity contribution is 0.767. The summed E-state index contributed by atoms with van der Waals surface area (Å²) in [4.78, 5) is 4.97. The number of hydrogen-bond acceptors (Lipinski definition) is 2. The summed E-state index contributed by atoms with van der Waals surface area (Å²) in [6, 6.07) is 114. The Morgan fingerprint density at radius 3 is 0.905 bits per heavy atom. The molecule has 14 aromatic rings. The Hall–Kier alpha value is -10.3. The number of para-hydroxylation sites is 2. The molecule has 2 aliphatic rings. The Labute approximate surface area is 494 Å². The second-order valence-electron chi connectivity index (χ2n) is 22.5. The Kier molecular flexibility index (Phi) is 12.5. The number of rotatable bonds is 10. The molecular weight excluding hydrogens is 1010 g/mol. The highest BCUT2D eigenvalue weighted by molar-refractivity contribution is 6.28. The van der Waals surface area contributed by atoms with Gasteiger partial charge in [0.25, 0.3) is 0 Å². The van der Waals surface area contributed by atoms with E-state index in [1.165, 1.54) is 110 Å². The number of benzene rings is 14. The molecule has 2 aliphatic carbocycles. The predicted molar refractivity (Wildman–Crippen MR) is 357 cm³/mol. The van der Waals surface area contributed by atoms with E-state index in [2.05, 4.69) is 327 Å². The molecule has 0 saturated carbocycles. The molecule has 2 nitrogen and oxygen atoms in total. The average Bonchev–Trinajstić information content (AvgIpc) is 1.82. The monoisotopic (exact) mass is 1080 g/mol. The van der Waals surface area contributed by atoms with Gasteiger partial charge in [-0.15, -0.1) is 0 Å². The highest BCUT2D eigenvalue weighted by atomic mass is 15.1. The van der Waals surface area contributed by atoms with Gasteiger partial charge in [0.05, 0.1) is 22.2 Å². The van der Waals surface area contributed by atoms with Gasteiger partial charge in [-0.2, -0.15) is 0 Å². The zero-order valence-electron chi connectivity index (χ0n) is 45.8. The summed E-state index contributed by atoms with van der Waals surface area (Å²) < 4.78 is 0. The fourth-order valence-corrected chi connectivity index (χ4v) is 14.7. The van der Waals surface area contributed by atoms with Gasteiger partial charge in [-0.1, -0.05) is 269 Å². The van der Waals surface area contributed by atoms with Crippen LogP contribution in [0.1, 0.15) is 70.5 Å². The molecule has 0 atom stereocenters. The van der Waals surface area contributed by atoms with Crippen LogP contribution in [0.4, 0.5) is 34.1 Å². The number of anilines is 6. The summed E-state index contributed by atoms with van der Waals surface area (Å²) in [5, 5.41) is 7.31. The summed E-state index contributed by atoms with van der Waals surface area (Å²) in [6.07, 6.45) is 0. The molecule has 0 amide bonds. The molecule has 0 bridgehead atoms. The second-order valence-corrected chi connectivity index (χ2v) is 22.5. The van der Waals surface area contributed by atoms with Crippen LogP contribution >= 0.6 is 0 Å². The fourth-order valence-electron chi connectivity index (χ4n) is 14.7. The third kappa shape index (κ3) is 7.57. The third-order valence-electron chi connectivity index (χ3n) is 18.0. The molecule has 0 aliphatic heterocycles. The number of aryl methyl sites for hydroxylation is 2. The maximum absolute atomic E-state index is 2.48. The van der Waals surface area contributed by atoms with Crippen LogP contribution < -0.4 is 9.80 Å². The maximum Gasteiger partial charge on any atom is 0.0714 e. The maximum atomic E-state index is 2.48. The van der Waals surface area contributed by atoms with Gasteiger partial charge in [0.1, 0.15) is 0 Å². The van der Waals surface area contributed by atoms with E-state index in [0.717, 1.165) is 34.1 Å². The van der Waals surface area contributed by atoms with Crippen LogP contribution in [0.2, 0.25) is 0 Å². The summed E-state index contributed by atoms with van der Waals surface area (Å²) in [7, 11) is 0. The van der Waals surface area contributed by atoms with Gasteiger partial charge in [-0.3, -0.25) is 0 Å². The number of hydrogen-bond donors (Lipinski definition) is 0. The van der Waals surface area contributed by atoms with E-state index >= 15 is 0 Å². The van der Waals surface area contributed by atoms with E-state index in [-0.39, 0.29) is 14.9 Å². The molecular formula is C82H64N2. The molecule has 14 aromatic carbocycles. The molecule has 2 heteroatoms. The van der Waals surface area contributed by atoms with Crippen LogP contribution in [0.15, 0.2) is 303 Å². The molecule has 0 unspecified atom stereocenters. The van der Waals surface area contributed by atoms with Crippen LogP contribution in [0.25, 0.3) is 54.6 Å². The standard InChI is InChI=1S/C80H56N2.2CH4/c1-53-21-17-23-57(49-53)79(71-37-13-9-33-65(71)66-34-10-14-38-72(66)79)59-25-19-31-63(51-59)81(61-27-5-3-6-28-61)75-47-43-55-42-46-70-76(48-44-56-41-45-69(75)77(55)78(56)70)82(62-29-7-4-8-30-62)64-32-20-26-60(52-64)80(58-24-18-22-54(2)50-58)73-39-15-11-35-67(73)68-36-12-16-40-74(68)80;;/h3-52H,1-2H3;2*1H4. The molecule has 84 heavy (non-hydrogen) atoms. The SMILES string of the molecule is C.C.Cc1cccc(C2(c3cccc(N(c4ccccc4)c4ccc5ccc6c(N(c7ccccc7)c7cccc(C8(c9cccc(C)c9)c9ccccc9-c9ccccc98)c7)ccc7ccc4c5c76)c3)c3ccccc3-c3ccccc32)c1. The first kappa shape index (κ1) is 51.8. The molecule has 402 valence electrons. The number of fused-ring (bicyclic) bond motifs is 6. The van der Waals surface area contributed by atoms with E-state index in [0.29, 0.717) is 0 Å². The Balaban J connectivity index is 0.00000314. The van der Waals surface area contributed by atoms with E-state index in [9.17, 15) is 0 Å². The van der Waals surface area contributed by atoms with Crippen molar-refractivity contribution in [1.29, 1.82) is 0 Å². The molecule has 0 saturated heterocycles. The van der Waals surface area contributed by atoms with Crippen LogP contribution in [-0.4, -0.2) is 0 Å². The highest BCUT2D eigenvalue weighted by Crippen LogP contribution is 2.59. The smallest absolute Gasteiger partial charge is 0.0714 e. The third-order valence-corrected chi connectivity index (χ3v) is 18.0. The van der Waals surface area contributed by atoms with Gasteiger partial charge in [0, 0.05) is 33.5 Å². The van der Waals surface area contributed by atoms with Crippen molar-refractivity contribution in [3.05, 3.63) is 359 Å². The van der Waals surface area contributed by atoms with Crippen molar-refractivity contribution in [2.24, 2.45) is 0 Å². The lowest BCUT2D eigenvalue weighted by Gasteiger charge is -2.35. The van der Waals surface area contributed by atoms with E-state index in [1.807, 2.05) is 0 Å². The zero-order valence-corrected chi connectivity index (χ0v) is 45.8. The lowest BCUT2D eigenvalue weighted by Crippen LogP contribution is -2.29. The molecule has 0 N–H and O–H groups in total. The normalized spacial score (nSPS) is 13.1. The van der Waals surface area contributed by atoms with Crippen molar-refractivity contribution < 1.29 is 0 Å². The van der Waals surface area contributed by atoms with Gasteiger partial charge in [0.2, 0.25) is 0 Å². The molecule has 0 radical (unpaired) electrons. The van der Waals surface area contributed by atoms with E-state index in [1.54, 1.807) is 0 Å². The highest BCUT2D eigenvalue weighted by Gasteiger charge is 2.48. The first-order valence-electron chi connectivity index (χ1n) is 28.7. The topological polar surface area (TPSA) is 6.48 Å². The summed E-state index contributed by atoms with van der Waals surface area (Å²) in [5.74, 6) is 0. The van der Waals surface area contributed by atoms with Crippen molar-refractivity contribution in [2.45, 2.75) is 39.5 Å². The largest absolute Gasteiger partial charge is 0.310 e. The molecule has 0 aromatic heterocycles. The van der Waals surface area contributed by atoms with Crippen molar-refractivity contribution >= 4 is 66.4 Å². The van der Waals surface area contributed by atoms with Crippen LogP contribution in [0, 0.1) is 13.8 Å². The minimum absolute atomic E-state index is 0. The lowest BCUT2D eigenvalue weighted by atomic mass is 9.67. The molecule has 0 heterocycles. The van der Waals surface area contributed by atoms with Crippen molar-refractivity contribution in [2.75, 3.05) is 9.80 Å². The minimum atomic E-state index is -0.548. The van der Waals surface area contributed by atoms with Gasteiger partial charge < -0.3 is 9.80 Å². The van der Waals surface area contributed by atoms with Crippen LogP contribution in [-0.2, 0) is 10.8 Å². The van der Waals surface area contributed by atoms with Crippen molar-refractivity contribution in [3.8, 4) is 22.3 Å². The molecule has 0 fully saturated rings. The van der Waals surface area contributed by atoms with Crippen molar-refractivity contribution in [1.82, 2.24) is 0 Å². The fraction of sp³-hybridized carbons (Fsp3) is 0.0732. The first-order valence-corrected chi connectivity index (χ1v) is 28.7. The number of nitrogens with zero attached hydrogens (tertiary/aromatic N) is 2. The molecule has 0 spiro atoms. The van der Waals surface area contributed by atoms with E-state index in [4.69, 9.17) is 0 Å². The molecule has 16 rings (SSSR count). The Morgan fingerprint density at radius 1 is 0.250 bits per heavy atom. The van der Waals surface area contributed by atoms with Gasteiger partial charge in [-0.25, -0.2) is 0 Å². The quantitative estimate of drug-likeness (QED) is 0.126. The van der Waals surface area contributed by atoms with E-state index < -0.39 is 10.8 Å².